The van der Waals surface area contributed by atoms with Gasteiger partial charge in [0.05, 0.1) is 24.7 Å². The number of anilines is 1. The molecule has 0 saturated heterocycles. The van der Waals surface area contributed by atoms with E-state index in [1.807, 2.05) is 13.0 Å². The van der Waals surface area contributed by atoms with Gasteiger partial charge in [-0.2, -0.15) is 5.26 Å². The fourth-order valence-electron chi connectivity index (χ4n) is 2.45. The maximum absolute atomic E-state index is 12.8. The van der Waals surface area contributed by atoms with Crippen LogP contribution in [0.2, 0.25) is 5.02 Å². The monoisotopic (exact) mass is 369 g/mol. The topological polar surface area (TPSA) is 73.2 Å². The van der Waals surface area contributed by atoms with Gasteiger partial charge in [-0.1, -0.05) is 41.9 Å². The summed E-state index contributed by atoms with van der Waals surface area (Å²) < 4.78 is 0. The highest BCUT2D eigenvalue weighted by Gasteiger charge is 2.20. The first-order chi connectivity index (χ1) is 12.4. The Morgan fingerprint density at radius 3 is 2.58 bits per heavy atom. The Morgan fingerprint density at radius 2 is 1.92 bits per heavy atom. The van der Waals surface area contributed by atoms with Crippen molar-refractivity contribution < 1.29 is 9.59 Å². The van der Waals surface area contributed by atoms with Gasteiger partial charge in [0, 0.05) is 29.2 Å². The first-order valence-electron chi connectivity index (χ1n) is 8.20. The number of ketones is 1. The van der Waals surface area contributed by atoms with E-state index in [1.165, 1.54) is 4.90 Å². The molecule has 1 amide bonds. The molecule has 0 saturated carbocycles. The van der Waals surface area contributed by atoms with Crippen LogP contribution in [0.5, 0.6) is 0 Å². The number of benzene rings is 2. The second-order valence-corrected chi connectivity index (χ2v) is 6.39. The van der Waals surface area contributed by atoms with Crippen molar-refractivity contribution >= 4 is 29.0 Å². The first kappa shape index (κ1) is 19.6. The zero-order valence-electron chi connectivity index (χ0n) is 14.7. The van der Waals surface area contributed by atoms with Crippen molar-refractivity contribution in [1.29, 1.82) is 5.26 Å². The molecule has 0 aliphatic heterocycles. The van der Waals surface area contributed by atoms with Crippen molar-refractivity contribution in [1.82, 2.24) is 5.32 Å². The van der Waals surface area contributed by atoms with Crippen molar-refractivity contribution in [2.45, 2.75) is 19.4 Å². The third-order valence-electron chi connectivity index (χ3n) is 3.97. The first-order valence-corrected chi connectivity index (χ1v) is 8.58. The summed E-state index contributed by atoms with van der Waals surface area (Å²) in [7, 11) is 1.62. The van der Waals surface area contributed by atoms with E-state index in [0.29, 0.717) is 28.3 Å². The Bertz CT molecular complexity index is 831. The van der Waals surface area contributed by atoms with Gasteiger partial charge in [-0.15, -0.1) is 0 Å². The molecule has 0 bridgehead atoms. The number of likely N-dealkylation sites (N-methyl/N-ethyl adjacent to an activating group) is 1. The quantitative estimate of drug-likeness (QED) is 0.759. The van der Waals surface area contributed by atoms with E-state index < -0.39 is 0 Å². The van der Waals surface area contributed by atoms with E-state index in [4.69, 9.17) is 16.9 Å². The normalized spacial score (nSPS) is 11.5. The fourth-order valence-corrected chi connectivity index (χ4v) is 2.62. The van der Waals surface area contributed by atoms with Gasteiger partial charge in [0.25, 0.3) is 0 Å². The number of halogens is 1. The highest BCUT2D eigenvalue weighted by Crippen LogP contribution is 2.26. The van der Waals surface area contributed by atoms with Crippen LogP contribution in [-0.4, -0.2) is 31.3 Å². The van der Waals surface area contributed by atoms with Crippen LogP contribution < -0.4 is 10.2 Å². The molecule has 5 nitrogen and oxygen atoms in total. The second-order valence-electron chi connectivity index (χ2n) is 5.95. The van der Waals surface area contributed by atoms with Gasteiger partial charge in [0.1, 0.15) is 0 Å². The molecule has 0 radical (unpaired) electrons. The predicted molar refractivity (Wildman–Crippen MR) is 102 cm³/mol. The lowest BCUT2D eigenvalue weighted by Crippen LogP contribution is -2.39. The SMILES string of the molecule is CC(CC#N)NCC(=O)N(C)c1ccc(Cl)cc1C(=O)c1ccccc1. The number of carbonyl (C=O) groups excluding carboxylic acids is 2. The zero-order chi connectivity index (χ0) is 19.1. The third kappa shape index (κ3) is 4.92. The molecule has 0 heterocycles. The van der Waals surface area contributed by atoms with E-state index in [2.05, 4.69) is 11.4 Å². The third-order valence-corrected chi connectivity index (χ3v) is 4.21. The second kappa shape index (κ2) is 9.14. The van der Waals surface area contributed by atoms with E-state index >= 15 is 0 Å². The van der Waals surface area contributed by atoms with E-state index in [1.54, 1.807) is 49.5 Å². The van der Waals surface area contributed by atoms with Crippen LogP contribution in [0.1, 0.15) is 29.3 Å². The molecule has 0 spiro atoms. The van der Waals surface area contributed by atoms with Crippen molar-refractivity contribution in [2.24, 2.45) is 0 Å². The smallest absolute Gasteiger partial charge is 0.240 e. The van der Waals surface area contributed by atoms with Crippen LogP contribution in [-0.2, 0) is 4.79 Å². The summed E-state index contributed by atoms with van der Waals surface area (Å²) in [4.78, 5) is 26.8. The highest BCUT2D eigenvalue weighted by molar-refractivity contribution is 6.31. The lowest BCUT2D eigenvalue weighted by atomic mass is 10.0. The largest absolute Gasteiger partial charge is 0.314 e. The maximum atomic E-state index is 12.8. The Hall–Kier alpha value is -2.68. The number of hydrogen-bond acceptors (Lipinski definition) is 4. The van der Waals surface area contributed by atoms with Crippen LogP contribution in [0, 0.1) is 11.3 Å². The average molecular weight is 370 g/mol. The van der Waals surface area contributed by atoms with Crippen molar-refractivity contribution in [2.75, 3.05) is 18.5 Å². The minimum atomic E-state index is -0.209. The van der Waals surface area contributed by atoms with Crippen molar-refractivity contribution in [3.63, 3.8) is 0 Å². The summed E-state index contributed by atoms with van der Waals surface area (Å²) in [6.45, 7) is 1.91. The summed E-state index contributed by atoms with van der Waals surface area (Å²) >= 11 is 6.07. The number of amides is 1. The van der Waals surface area contributed by atoms with Crippen LogP contribution in [0.4, 0.5) is 5.69 Å². The molecular weight excluding hydrogens is 350 g/mol. The Labute approximate surface area is 158 Å². The predicted octanol–water partition coefficient (Wildman–Crippen LogP) is 3.43. The molecule has 1 atom stereocenters. The Kier molecular flexibility index (Phi) is 6.90. The Balaban J connectivity index is 2.25. The van der Waals surface area contributed by atoms with Gasteiger partial charge in [-0.05, 0) is 25.1 Å². The Morgan fingerprint density at radius 1 is 1.23 bits per heavy atom. The van der Waals surface area contributed by atoms with E-state index in [0.717, 1.165) is 0 Å². The number of nitrogens with one attached hydrogen (secondary N) is 1. The highest BCUT2D eigenvalue weighted by atomic mass is 35.5. The molecule has 6 heteroatoms. The van der Waals surface area contributed by atoms with Crippen LogP contribution in [0.3, 0.4) is 0 Å². The van der Waals surface area contributed by atoms with E-state index in [9.17, 15) is 9.59 Å². The molecule has 1 unspecified atom stereocenters. The molecule has 2 rings (SSSR count). The van der Waals surface area contributed by atoms with Crippen molar-refractivity contribution in [3.8, 4) is 6.07 Å². The molecule has 0 fully saturated rings. The fraction of sp³-hybridized carbons (Fsp3) is 0.250. The summed E-state index contributed by atoms with van der Waals surface area (Å²) in [5.41, 5.74) is 1.38. The summed E-state index contributed by atoms with van der Waals surface area (Å²) in [5.74, 6) is -0.409. The molecule has 0 aliphatic rings. The van der Waals surface area contributed by atoms with E-state index in [-0.39, 0.29) is 24.3 Å². The van der Waals surface area contributed by atoms with Gasteiger partial charge in [-0.3, -0.25) is 9.59 Å². The number of hydrogen-bond donors (Lipinski definition) is 1. The van der Waals surface area contributed by atoms with Crippen LogP contribution >= 0.6 is 11.6 Å². The summed E-state index contributed by atoms with van der Waals surface area (Å²) in [6, 6.07) is 15.7. The minimum absolute atomic E-state index is 0.0704. The van der Waals surface area contributed by atoms with Gasteiger partial charge in [-0.25, -0.2) is 0 Å². The van der Waals surface area contributed by atoms with Gasteiger partial charge < -0.3 is 10.2 Å². The molecule has 1 N–H and O–H groups in total. The molecule has 0 aromatic heterocycles. The summed E-state index contributed by atoms with van der Waals surface area (Å²) in [5, 5.41) is 12.1. The average Bonchev–Trinajstić information content (AvgIpc) is 2.65. The molecular formula is C20H20ClN3O2. The number of rotatable bonds is 7. The molecule has 2 aromatic carbocycles. The maximum Gasteiger partial charge on any atom is 0.240 e. The van der Waals surface area contributed by atoms with Gasteiger partial charge >= 0.3 is 0 Å². The van der Waals surface area contributed by atoms with Crippen LogP contribution in [0.25, 0.3) is 0 Å². The molecule has 2 aromatic rings. The lowest BCUT2D eigenvalue weighted by molar-refractivity contribution is -0.117. The van der Waals surface area contributed by atoms with Gasteiger partial charge in [0.15, 0.2) is 5.78 Å². The molecule has 134 valence electrons. The molecule has 26 heavy (non-hydrogen) atoms. The minimum Gasteiger partial charge on any atom is -0.314 e. The van der Waals surface area contributed by atoms with Gasteiger partial charge in [0.2, 0.25) is 5.91 Å². The van der Waals surface area contributed by atoms with Crippen molar-refractivity contribution in [3.05, 3.63) is 64.7 Å². The number of nitrogens with zero attached hydrogens (tertiary/aromatic N) is 2. The lowest BCUT2D eigenvalue weighted by Gasteiger charge is -2.21. The number of carbonyl (C=O) groups is 2. The molecule has 0 aliphatic carbocycles. The number of nitriles is 1. The zero-order valence-corrected chi connectivity index (χ0v) is 15.5. The summed E-state index contributed by atoms with van der Waals surface area (Å²) in [6.07, 6.45) is 0.315. The van der Waals surface area contributed by atoms with Crippen LogP contribution in [0.15, 0.2) is 48.5 Å². The standard InChI is InChI=1S/C20H20ClN3O2/c1-14(10-11-22)23-13-19(25)24(2)18-9-8-16(21)12-17(18)20(26)15-6-4-3-5-7-15/h3-9,12,14,23H,10,13H2,1-2H3.